The summed E-state index contributed by atoms with van der Waals surface area (Å²) in [4.78, 5) is 25.9. The van der Waals surface area contributed by atoms with Crippen molar-refractivity contribution in [3.8, 4) is 5.75 Å². The number of anilines is 1. The molecule has 0 radical (unpaired) electrons. The molecule has 166 valence electrons. The number of rotatable bonds is 6. The molecule has 3 aromatic rings. The fraction of sp³-hybridized carbons (Fsp3) is 0.0833. The summed E-state index contributed by atoms with van der Waals surface area (Å²) < 4.78 is 6.32. The van der Waals surface area contributed by atoms with Crippen LogP contribution in [0.1, 0.15) is 16.7 Å². The van der Waals surface area contributed by atoms with Gasteiger partial charge in [0.15, 0.2) is 4.32 Å². The molecule has 1 aliphatic heterocycles. The zero-order valence-electron chi connectivity index (χ0n) is 17.4. The van der Waals surface area contributed by atoms with Gasteiger partial charge in [0.1, 0.15) is 12.4 Å². The van der Waals surface area contributed by atoms with Gasteiger partial charge in [0.05, 0.1) is 15.5 Å². The first-order valence-electron chi connectivity index (χ1n) is 9.83. The average molecular weight is 497 g/mol. The third-order valence-electron chi connectivity index (χ3n) is 4.98. The predicted octanol–water partition coefficient (Wildman–Crippen LogP) is 6.54. The number of nitro groups is 1. The van der Waals surface area contributed by atoms with Gasteiger partial charge in [-0.1, -0.05) is 72.0 Å². The molecule has 1 aliphatic rings. The fourth-order valence-electron chi connectivity index (χ4n) is 3.30. The number of para-hydroxylation sites is 1. The Kier molecular flexibility index (Phi) is 6.78. The standard InChI is InChI=1S/C24H17ClN2O4S2/c1-15-6-2-5-9-20(15)26-23(28)22(33-24(26)32)13-17-12-18(27(29)30)10-11-21(17)31-14-16-7-3-4-8-19(16)25/h2-13H,14H2,1H3/b22-13-. The molecule has 0 spiro atoms. The molecule has 1 saturated heterocycles. The third-order valence-corrected chi connectivity index (χ3v) is 6.65. The number of thiocarbonyl (C=S) groups is 1. The summed E-state index contributed by atoms with van der Waals surface area (Å²) in [5, 5.41) is 11.9. The molecule has 6 nitrogen and oxygen atoms in total. The van der Waals surface area contributed by atoms with Gasteiger partial charge in [0.2, 0.25) is 0 Å². The number of benzene rings is 3. The highest BCUT2D eigenvalue weighted by Gasteiger charge is 2.34. The lowest BCUT2D eigenvalue weighted by atomic mass is 10.1. The van der Waals surface area contributed by atoms with Crippen molar-refractivity contribution in [2.75, 3.05) is 4.90 Å². The van der Waals surface area contributed by atoms with Crippen molar-refractivity contribution >= 4 is 63.3 Å². The van der Waals surface area contributed by atoms with Crippen LogP contribution in [0.25, 0.3) is 6.08 Å². The lowest BCUT2D eigenvalue weighted by Gasteiger charge is -2.16. The van der Waals surface area contributed by atoms with Crippen LogP contribution in [0.4, 0.5) is 11.4 Å². The second-order valence-electron chi connectivity index (χ2n) is 7.16. The van der Waals surface area contributed by atoms with Crippen molar-refractivity contribution in [2.45, 2.75) is 13.5 Å². The SMILES string of the molecule is Cc1ccccc1N1C(=O)/C(=C/c2cc([N+](=O)[O-])ccc2OCc2ccccc2Cl)SC1=S. The van der Waals surface area contributed by atoms with Crippen LogP contribution < -0.4 is 9.64 Å². The molecule has 0 saturated carbocycles. The Balaban J connectivity index is 1.68. The minimum Gasteiger partial charge on any atom is -0.488 e. The van der Waals surface area contributed by atoms with Gasteiger partial charge in [-0.2, -0.15) is 0 Å². The smallest absolute Gasteiger partial charge is 0.270 e. The van der Waals surface area contributed by atoms with Crippen molar-refractivity contribution < 1.29 is 14.5 Å². The van der Waals surface area contributed by atoms with E-state index in [1.807, 2.05) is 49.4 Å². The summed E-state index contributed by atoms with van der Waals surface area (Å²) in [6.07, 6.45) is 1.58. The maximum absolute atomic E-state index is 13.2. The summed E-state index contributed by atoms with van der Waals surface area (Å²) in [7, 11) is 0. The molecule has 33 heavy (non-hydrogen) atoms. The van der Waals surface area contributed by atoms with Crippen LogP contribution in [-0.4, -0.2) is 15.2 Å². The largest absolute Gasteiger partial charge is 0.488 e. The van der Waals surface area contributed by atoms with Gasteiger partial charge in [0.25, 0.3) is 11.6 Å². The molecule has 0 unspecified atom stereocenters. The van der Waals surface area contributed by atoms with E-state index in [0.29, 0.717) is 31.2 Å². The first kappa shape index (κ1) is 23.0. The Labute approximate surface area is 205 Å². The molecule has 0 N–H and O–H groups in total. The van der Waals surface area contributed by atoms with Crippen molar-refractivity contribution in [2.24, 2.45) is 0 Å². The van der Waals surface area contributed by atoms with Crippen LogP contribution in [0.2, 0.25) is 5.02 Å². The van der Waals surface area contributed by atoms with Crippen molar-refractivity contribution in [1.29, 1.82) is 0 Å². The van der Waals surface area contributed by atoms with Crippen LogP contribution in [0.5, 0.6) is 5.75 Å². The van der Waals surface area contributed by atoms with Crippen molar-refractivity contribution in [1.82, 2.24) is 0 Å². The lowest BCUT2D eigenvalue weighted by Crippen LogP contribution is -2.28. The van der Waals surface area contributed by atoms with E-state index >= 15 is 0 Å². The Morgan fingerprint density at radius 1 is 1.15 bits per heavy atom. The Morgan fingerprint density at radius 3 is 2.61 bits per heavy atom. The van der Waals surface area contributed by atoms with E-state index in [1.54, 1.807) is 12.1 Å². The van der Waals surface area contributed by atoms with E-state index in [-0.39, 0.29) is 18.2 Å². The topological polar surface area (TPSA) is 72.7 Å². The molecule has 3 aromatic carbocycles. The number of aryl methyl sites for hydroxylation is 1. The number of carbonyl (C=O) groups excluding carboxylic acids is 1. The molecule has 1 amide bonds. The van der Waals surface area contributed by atoms with Gasteiger partial charge in [0, 0.05) is 28.3 Å². The molecule has 9 heteroatoms. The summed E-state index contributed by atoms with van der Waals surface area (Å²) in [6.45, 7) is 2.07. The molecule has 0 bridgehead atoms. The van der Waals surface area contributed by atoms with Gasteiger partial charge < -0.3 is 4.74 Å². The number of carbonyl (C=O) groups is 1. The van der Waals surface area contributed by atoms with E-state index in [4.69, 9.17) is 28.6 Å². The van der Waals surface area contributed by atoms with E-state index in [2.05, 4.69) is 0 Å². The number of halogens is 1. The molecule has 1 heterocycles. The van der Waals surface area contributed by atoms with Crippen LogP contribution in [0.15, 0.2) is 71.6 Å². The van der Waals surface area contributed by atoms with Crippen LogP contribution in [0, 0.1) is 17.0 Å². The summed E-state index contributed by atoms with van der Waals surface area (Å²) in [6, 6.07) is 19.0. The van der Waals surface area contributed by atoms with E-state index < -0.39 is 4.92 Å². The van der Waals surface area contributed by atoms with Crippen molar-refractivity contribution in [3.63, 3.8) is 0 Å². The molecule has 4 rings (SSSR count). The molecule has 0 aromatic heterocycles. The molecular weight excluding hydrogens is 480 g/mol. The second-order valence-corrected chi connectivity index (χ2v) is 9.25. The number of hydrogen-bond donors (Lipinski definition) is 0. The van der Waals surface area contributed by atoms with E-state index in [1.165, 1.54) is 23.1 Å². The Hall–Kier alpha value is -3.20. The third kappa shape index (κ3) is 4.93. The van der Waals surface area contributed by atoms with Crippen LogP contribution >= 0.6 is 35.6 Å². The Morgan fingerprint density at radius 2 is 1.88 bits per heavy atom. The van der Waals surface area contributed by atoms with Gasteiger partial charge >= 0.3 is 0 Å². The summed E-state index contributed by atoms with van der Waals surface area (Å²) >= 11 is 12.8. The van der Waals surface area contributed by atoms with Crippen LogP contribution in [0.3, 0.4) is 0 Å². The maximum Gasteiger partial charge on any atom is 0.270 e. The van der Waals surface area contributed by atoms with Crippen LogP contribution in [-0.2, 0) is 11.4 Å². The number of ether oxygens (including phenoxy) is 1. The molecule has 0 aliphatic carbocycles. The highest BCUT2D eigenvalue weighted by molar-refractivity contribution is 8.27. The highest BCUT2D eigenvalue weighted by atomic mass is 35.5. The zero-order chi connectivity index (χ0) is 23.5. The zero-order valence-corrected chi connectivity index (χ0v) is 19.7. The number of amides is 1. The number of hydrogen-bond acceptors (Lipinski definition) is 6. The van der Waals surface area contributed by atoms with Gasteiger partial charge in [-0.25, -0.2) is 0 Å². The van der Waals surface area contributed by atoms with Gasteiger partial charge in [-0.15, -0.1) is 0 Å². The molecular formula is C24H17ClN2O4S2. The molecule has 0 atom stereocenters. The van der Waals surface area contributed by atoms with E-state index in [0.717, 1.165) is 22.9 Å². The van der Waals surface area contributed by atoms with E-state index in [9.17, 15) is 14.9 Å². The maximum atomic E-state index is 13.2. The first-order chi connectivity index (χ1) is 15.8. The van der Waals surface area contributed by atoms with Gasteiger partial charge in [-0.3, -0.25) is 19.8 Å². The Bertz CT molecular complexity index is 1310. The average Bonchev–Trinajstić information content (AvgIpc) is 3.07. The predicted molar refractivity (Wildman–Crippen MR) is 136 cm³/mol. The summed E-state index contributed by atoms with van der Waals surface area (Å²) in [5.74, 6) is 0.101. The summed E-state index contributed by atoms with van der Waals surface area (Å²) in [5.41, 5.74) is 2.68. The number of non-ortho nitro benzene ring substituents is 1. The number of nitro benzene ring substituents is 1. The first-order valence-corrected chi connectivity index (χ1v) is 11.4. The highest BCUT2D eigenvalue weighted by Crippen LogP contribution is 2.39. The normalized spacial score (nSPS) is 14.7. The second kappa shape index (κ2) is 9.74. The minimum atomic E-state index is -0.492. The quantitative estimate of drug-likeness (QED) is 0.167. The number of thioether (sulfide) groups is 1. The number of nitrogens with zero attached hydrogens (tertiary/aromatic N) is 2. The molecule has 1 fully saturated rings. The fourth-order valence-corrected chi connectivity index (χ4v) is 4.76. The lowest BCUT2D eigenvalue weighted by molar-refractivity contribution is -0.384. The van der Waals surface area contributed by atoms with Gasteiger partial charge in [-0.05, 0) is 36.8 Å². The minimum absolute atomic E-state index is 0.110. The monoisotopic (exact) mass is 496 g/mol. The van der Waals surface area contributed by atoms with Crippen molar-refractivity contribution in [3.05, 3.63) is 103 Å².